The Labute approximate surface area is 104 Å². The minimum Gasteiger partial charge on any atom is -0.340 e. The zero-order valence-electron chi connectivity index (χ0n) is 10.7. The molecule has 1 aliphatic carbocycles. The van der Waals surface area contributed by atoms with Crippen LogP contribution in [0.25, 0.3) is 0 Å². The number of piperazine rings is 1. The van der Waals surface area contributed by atoms with Gasteiger partial charge in [0.1, 0.15) is 0 Å². The Morgan fingerprint density at radius 2 is 1.71 bits per heavy atom. The first-order valence-corrected chi connectivity index (χ1v) is 6.99. The molecule has 4 nitrogen and oxygen atoms in total. The molecular weight excluding hydrogens is 214 g/mol. The SMILES string of the molecule is NCC1(C(=O)N2CCNCC2)CCCCCC1. The van der Waals surface area contributed by atoms with Crippen molar-refractivity contribution in [3.05, 3.63) is 0 Å². The van der Waals surface area contributed by atoms with Crippen molar-refractivity contribution in [2.75, 3.05) is 32.7 Å². The van der Waals surface area contributed by atoms with Gasteiger partial charge in [0.2, 0.25) is 5.91 Å². The molecule has 0 atom stereocenters. The topological polar surface area (TPSA) is 58.4 Å². The second kappa shape index (κ2) is 5.83. The molecule has 2 rings (SSSR count). The van der Waals surface area contributed by atoms with Crippen LogP contribution < -0.4 is 11.1 Å². The fraction of sp³-hybridized carbons (Fsp3) is 0.923. The van der Waals surface area contributed by atoms with E-state index in [0.717, 1.165) is 51.9 Å². The quantitative estimate of drug-likeness (QED) is 0.698. The number of nitrogens with two attached hydrogens (primary N) is 1. The molecule has 2 aliphatic rings. The van der Waals surface area contributed by atoms with Gasteiger partial charge in [-0.15, -0.1) is 0 Å². The molecule has 98 valence electrons. The van der Waals surface area contributed by atoms with Gasteiger partial charge in [0.15, 0.2) is 0 Å². The molecule has 3 N–H and O–H groups in total. The summed E-state index contributed by atoms with van der Waals surface area (Å²) < 4.78 is 0. The fourth-order valence-corrected chi connectivity index (χ4v) is 3.11. The van der Waals surface area contributed by atoms with Crippen molar-refractivity contribution in [3.8, 4) is 0 Å². The lowest BCUT2D eigenvalue weighted by Gasteiger charge is -2.38. The highest BCUT2D eigenvalue weighted by Crippen LogP contribution is 2.36. The maximum absolute atomic E-state index is 12.7. The van der Waals surface area contributed by atoms with Crippen LogP contribution in [0.1, 0.15) is 38.5 Å². The highest BCUT2D eigenvalue weighted by molar-refractivity contribution is 5.83. The van der Waals surface area contributed by atoms with Crippen LogP contribution in [0.2, 0.25) is 0 Å². The van der Waals surface area contributed by atoms with Crippen LogP contribution in [0.5, 0.6) is 0 Å². The lowest BCUT2D eigenvalue weighted by atomic mass is 9.79. The molecule has 2 fully saturated rings. The maximum Gasteiger partial charge on any atom is 0.230 e. The largest absolute Gasteiger partial charge is 0.340 e. The van der Waals surface area contributed by atoms with E-state index in [0.29, 0.717) is 12.5 Å². The van der Waals surface area contributed by atoms with Crippen molar-refractivity contribution in [1.82, 2.24) is 10.2 Å². The predicted molar refractivity (Wildman–Crippen MR) is 68.6 cm³/mol. The Morgan fingerprint density at radius 3 is 2.24 bits per heavy atom. The van der Waals surface area contributed by atoms with Gasteiger partial charge in [-0.1, -0.05) is 25.7 Å². The molecule has 0 aromatic heterocycles. The van der Waals surface area contributed by atoms with Crippen LogP contribution in [0, 0.1) is 5.41 Å². The van der Waals surface area contributed by atoms with Crippen LogP contribution in [0.4, 0.5) is 0 Å². The molecular formula is C13H25N3O. The summed E-state index contributed by atoms with van der Waals surface area (Å²) in [5.41, 5.74) is 5.71. The molecule has 1 saturated carbocycles. The average molecular weight is 239 g/mol. The van der Waals surface area contributed by atoms with Crippen molar-refractivity contribution in [2.24, 2.45) is 11.1 Å². The third-order valence-electron chi connectivity index (χ3n) is 4.31. The lowest BCUT2D eigenvalue weighted by molar-refractivity contribution is -0.143. The van der Waals surface area contributed by atoms with E-state index in [1.807, 2.05) is 4.90 Å². The monoisotopic (exact) mass is 239 g/mol. The summed E-state index contributed by atoms with van der Waals surface area (Å²) in [6.45, 7) is 4.07. The second-order valence-electron chi connectivity index (χ2n) is 5.44. The molecule has 17 heavy (non-hydrogen) atoms. The van der Waals surface area contributed by atoms with Gasteiger partial charge in [-0.25, -0.2) is 0 Å². The fourth-order valence-electron chi connectivity index (χ4n) is 3.11. The smallest absolute Gasteiger partial charge is 0.230 e. The third-order valence-corrected chi connectivity index (χ3v) is 4.31. The molecule has 0 aromatic carbocycles. The number of rotatable bonds is 2. The minimum absolute atomic E-state index is 0.242. The van der Waals surface area contributed by atoms with Gasteiger partial charge in [-0.2, -0.15) is 0 Å². The van der Waals surface area contributed by atoms with Gasteiger partial charge in [0, 0.05) is 32.7 Å². The van der Waals surface area contributed by atoms with Gasteiger partial charge in [-0.05, 0) is 12.8 Å². The van der Waals surface area contributed by atoms with E-state index < -0.39 is 0 Å². The molecule has 4 heteroatoms. The van der Waals surface area contributed by atoms with E-state index in [9.17, 15) is 4.79 Å². The number of hydrogen-bond acceptors (Lipinski definition) is 3. The van der Waals surface area contributed by atoms with Crippen molar-refractivity contribution in [1.29, 1.82) is 0 Å². The van der Waals surface area contributed by atoms with Gasteiger partial charge in [-0.3, -0.25) is 4.79 Å². The number of amides is 1. The van der Waals surface area contributed by atoms with Crippen molar-refractivity contribution in [3.63, 3.8) is 0 Å². The Hall–Kier alpha value is -0.610. The van der Waals surface area contributed by atoms with Crippen LogP contribution in [-0.4, -0.2) is 43.5 Å². The van der Waals surface area contributed by atoms with E-state index >= 15 is 0 Å². The highest BCUT2D eigenvalue weighted by Gasteiger charge is 2.40. The standard InChI is InChI=1S/C13H25N3O/c14-11-13(5-3-1-2-4-6-13)12(17)16-9-7-15-8-10-16/h15H,1-11,14H2. The molecule has 1 amide bonds. The van der Waals surface area contributed by atoms with Crippen LogP contribution >= 0.6 is 0 Å². The summed E-state index contributed by atoms with van der Waals surface area (Å²) in [6.07, 6.45) is 6.83. The second-order valence-corrected chi connectivity index (χ2v) is 5.44. The normalized spacial score (nSPS) is 25.4. The van der Waals surface area contributed by atoms with Crippen molar-refractivity contribution in [2.45, 2.75) is 38.5 Å². The van der Waals surface area contributed by atoms with Gasteiger partial charge in [0.05, 0.1) is 5.41 Å². The van der Waals surface area contributed by atoms with E-state index in [-0.39, 0.29) is 5.41 Å². The Kier molecular flexibility index (Phi) is 4.40. The van der Waals surface area contributed by atoms with Crippen molar-refractivity contribution < 1.29 is 4.79 Å². The summed E-state index contributed by atoms with van der Waals surface area (Å²) >= 11 is 0. The van der Waals surface area contributed by atoms with Gasteiger partial charge in [0.25, 0.3) is 0 Å². The van der Waals surface area contributed by atoms with E-state index in [4.69, 9.17) is 5.73 Å². The molecule has 0 unspecified atom stereocenters. The van der Waals surface area contributed by atoms with Crippen LogP contribution in [0.3, 0.4) is 0 Å². The number of nitrogens with zero attached hydrogens (tertiary/aromatic N) is 1. The summed E-state index contributed by atoms with van der Waals surface area (Å²) in [7, 11) is 0. The average Bonchev–Trinajstić information content (AvgIpc) is 2.65. The van der Waals surface area contributed by atoms with E-state index in [1.165, 1.54) is 12.8 Å². The summed E-state index contributed by atoms with van der Waals surface area (Å²) in [6, 6.07) is 0. The highest BCUT2D eigenvalue weighted by atomic mass is 16.2. The first kappa shape index (κ1) is 12.8. The molecule has 0 radical (unpaired) electrons. The third kappa shape index (κ3) is 2.80. The first-order chi connectivity index (χ1) is 8.28. The lowest BCUT2D eigenvalue weighted by Crippen LogP contribution is -2.54. The Balaban J connectivity index is 2.06. The Bertz CT molecular complexity index is 253. The molecule has 1 heterocycles. The molecule has 0 spiro atoms. The zero-order valence-corrected chi connectivity index (χ0v) is 10.7. The summed E-state index contributed by atoms with van der Waals surface area (Å²) in [5, 5.41) is 3.29. The number of hydrogen-bond donors (Lipinski definition) is 2. The van der Waals surface area contributed by atoms with E-state index in [1.54, 1.807) is 0 Å². The van der Waals surface area contributed by atoms with Gasteiger partial charge < -0.3 is 16.0 Å². The summed E-state index contributed by atoms with van der Waals surface area (Å²) in [4.78, 5) is 14.7. The predicted octanol–water partition coefficient (Wildman–Crippen LogP) is 0.717. The molecule has 0 aromatic rings. The molecule has 0 bridgehead atoms. The number of carbonyl (C=O) groups is 1. The molecule has 1 saturated heterocycles. The first-order valence-electron chi connectivity index (χ1n) is 6.99. The minimum atomic E-state index is -0.242. The van der Waals surface area contributed by atoms with Crippen LogP contribution in [-0.2, 0) is 4.79 Å². The zero-order chi connectivity index (χ0) is 12.1. The molecule has 1 aliphatic heterocycles. The summed E-state index contributed by atoms with van der Waals surface area (Å²) in [5.74, 6) is 0.323. The Morgan fingerprint density at radius 1 is 1.12 bits per heavy atom. The number of nitrogens with one attached hydrogen (secondary N) is 1. The number of carbonyl (C=O) groups excluding carboxylic acids is 1. The van der Waals surface area contributed by atoms with Crippen LogP contribution in [0.15, 0.2) is 0 Å². The maximum atomic E-state index is 12.7. The van der Waals surface area contributed by atoms with E-state index in [2.05, 4.69) is 5.32 Å². The van der Waals surface area contributed by atoms with Crippen molar-refractivity contribution >= 4 is 5.91 Å². The van der Waals surface area contributed by atoms with Gasteiger partial charge >= 0.3 is 0 Å².